The number of imidazole rings is 1. The second kappa shape index (κ2) is 5.03. The number of ether oxygens (including phenoxy) is 1. The minimum Gasteiger partial charge on any atom is -0.497 e. The lowest BCUT2D eigenvalue weighted by molar-refractivity contribution is 0.414. The molecule has 0 fully saturated rings. The highest BCUT2D eigenvalue weighted by Gasteiger charge is 2.12. The molecule has 0 radical (unpaired) electrons. The Balaban J connectivity index is 2.38. The zero-order valence-corrected chi connectivity index (χ0v) is 12.9. The predicted molar refractivity (Wildman–Crippen MR) is 82.7 cm³/mol. The number of hydrogen-bond donors (Lipinski definition) is 1. The maximum absolute atomic E-state index is 13.8. The molecule has 0 atom stereocenters. The van der Waals surface area contributed by atoms with Crippen LogP contribution in [0.1, 0.15) is 0 Å². The summed E-state index contributed by atoms with van der Waals surface area (Å²) in [5.74, 6) is 0.377. The van der Waals surface area contributed by atoms with Crippen molar-refractivity contribution in [1.29, 1.82) is 0 Å². The van der Waals surface area contributed by atoms with E-state index >= 15 is 0 Å². The van der Waals surface area contributed by atoms with Crippen LogP contribution in [-0.2, 0) is 0 Å². The van der Waals surface area contributed by atoms with Crippen molar-refractivity contribution >= 4 is 39.2 Å². The topological polar surface area (TPSA) is 29.9 Å². The maximum Gasteiger partial charge on any atom is 0.182 e. The number of aromatic amines is 1. The minimum absolute atomic E-state index is 0.327. The fraction of sp³-hybridized carbons (Fsp3) is 0.0714. The molecular weight excluding hydrogens is 343 g/mol. The molecule has 0 spiro atoms. The average molecular weight is 353 g/mol. The van der Waals surface area contributed by atoms with Crippen LogP contribution in [0.3, 0.4) is 0 Å². The Morgan fingerprint density at radius 1 is 1.30 bits per heavy atom. The molecule has 3 rings (SSSR count). The van der Waals surface area contributed by atoms with Gasteiger partial charge < -0.3 is 9.72 Å². The molecule has 1 aromatic heterocycles. The zero-order valence-electron chi connectivity index (χ0n) is 10.5. The van der Waals surface area contributed by atoms with Crippen molar-refractivity contribution in [1.82, 2.24) is 9.55 Å². The Hall–Kier alpha value is -1.66. The molecule has 1 N–H and O–H groups in total. The molecular formula is C14H10BrFN2OS. The van der Waals surface area contributed by atoms with Gasteiger partial charge in [-0.25, -0.2) is 4.39 Å². The van der Waals surface area contributed by atoms with Crippen LogP contribution in [0.2, 0.25) is 0 Å². The van der Waals surface area contributed by atoms with Crippen LogP contribution in [0.5, 0.6) is 5.75 Å². The first kappa shape index (κ1) is 13.3. The molecule has 0 aliphatic heterocycles. The van der Waals surface area contributed by atoms with Crippen molar-refractivity contribution in [2.45, 2.75) is 0 Å². The number of para-hydroxylation sites is 1. The quantitative estimate of drug-likeness (QED) is 0.683. The van der Waals surface area contributed by atoms with Gasteiger partial charge in [0.05, 0.1) is 18.3 Å². The van der Waals surface area contributed by atoms with Crippen molar-refractivity contribution in [3.63, 3.8) is 0 Å². The molecule has 0 amide bonds. The van der Waals surface area contributed by atoms with Crippen molar-refractivity contribution in [2.75, 3.05) is 7.11 Å². The second-order valence-corrected chi connectivity index (χ2v) is 5.46. The third kappa shape index (κ3) is 2.05. The Kier molecular flexibility index (Phi) is 3.35. The van der Waals surface area contributed by atoms with Crippen LogP contribution in [0.4, 0.5) is 4.39 Å². The fourth-order valence-corrected chi connectivity index (χ4v) is 2.85. The van der Waals surface area contributed by atoms with Crippen LogP contribution in [0.25, 0.3) is 16.7 Å². The lowest BCUT2D eigenvalue weighted by Gasteiger charge is -2.09. The monoisotopic (exact) mass is 352 g/mol. The summed E-state index contributed by atoms with van der Waals surface area (Å²) in [5.41, 5.74) is 1.88. The molecule has 2 aromatic carbocycles. The van der Waals surface area contributed by atoms with Crippen molar-refractivity contribution in [3.8, 4) is 11.4 Å². The van der Waals surface area contributed by atoms with E-state index in [0.29, 0.717) is 21.6 Å². The third-order valence-electron chi connectivity index (χ3n) is 3.06. The van der Waals surface area contributed by atoms with Gasteiger partial charge in [-0.15, -0.1) is 0 Å². The summed E-state index contributed by atoms with van der Waals surface area (Å²) < 4.78 is 22.1. The molecule has 102 valence electrons. The van der Waals surface area contributed by atoms with E-state index in [9.17, 15) is 4.39 Å². The number of halogens is 2. The molecule has 0 saturated carbocycles. The molecule has 0 unspecified atom stereocenters. The van der Waals surface area contributed by atoms with Gasteiger partial charge in [-0.05, 0) is 52.4 Å². The van der Waals surface area contributed by atoms with Gasteiger partial charge in [0.2, 0.25) is 0 Å². The summed E-state index contributed by atoms with van der Waals surface area (Å²) in [7, 11) is 1.60. The van der Waals surface area contributed by atoms with Crippen LogP contribution in [-0.4, -0.2) is 16.7 Å². The van der Waals surface area contributed by atoms with Gasteiger partial charge in [0, 0.05) is 10.5 Å². The van der Waals surface area contributed by atoms with Crippen molar-refractivity contribution in [3.05, 3.63) is 51.5 Å². The molecule has 3 aromatic rings. The van der Waals surface area contributed by atoms with Crippen LogP contribution in [0, 0.1) is 10.6 Å². The highest BCUT2D eigenvalue weighted by molar-refractivity contribution is 9.10. The van der Waals surface area contributed by atoms with Gasteiger partial charge >= 0.3 is 0 Å². The number of benzene rings is 2. The lowest BCUT2D eigenvalue weighted by Crippen LogP contribution is -1.96. The van der Waals surface area contributed by atoms with Crippen molar-refractivity contribution < 1.29 is 9.13 Å². The Morgan fingerprint density at radius 2 is 2.10 bits per heavy atom. The van der Waals surface area contributed by atoms with E-state index in [-0.39, 0.29) is 5.82 Å². The van der Waals surface area contributed by atoms with Crippen LogP contribution in [0.15, 0.2) is 40.9 Å². The number of aromatic nitrogens is 2. The smallest absolute Gasteiger partial charge is 0.182 e. The molecule has 0 aliphatic carbocycles. The molecule has 3 nitrogen and oxygen atoms in total. The van der Waals surface area contributed by atoms with Gasteiger partial charge in [0.25, 0.3) is 0 Å². The fourth-order valence-electron chi connectivity index (χ4n) is 2.13. The van der Waals surface area contributed by atoms with Gasteiger partial charge in [0.1, 0.15) is 17.1 Å². The zero-order chi connectivity index (χ0) is 14.3. The number of hydrogen-bond acceptors (Lipinski definition) is 2. The van der Waals surface area contributed by atoms with Crippen molar-refractivity contribution in [2.24, 2.45) is 0 Å². The Labute approximate surface area is 128 Å². The molecule has 1 heterocycles. The van der Waals surface area contributed by atoms with Gasteiger partial charge in [-0.3, -0.25) is 4.57 Å². The first-order valence-electron chi connectivity index (χ1n) is 5.85. The standard InChI is InChI=1S/C14H10BrFN2OS/c1-19-8-5-6-9(15)12(7-8)18-11-4-2-3-10(16)13(11)17-14(18)20/h2-7H,1H3,(H,17,20). The van der Waals surface area contributed by atoms with E-state index in [1.165, 1.54) is 6.07 Å². The SMILES string of the molecule is COc1ccc(Br)c(-n2c(=S)[nH]c3c(F)cccc32)c1. The third-order valence-corrected chi connectivity index (χ3v) is 4.02. The maximum atomic E-state index is 13.8. The number of methoxy groups -OCH3 is 1. The molecule has 6 heteroatoms. The van der Waals surface area contributed by atoms with E-state index < -0.39 is 0 Å². The number of nitrogens with zero attached hydrogens (tertiary/aromatic N) is 1. The van der Waals surface area contributed by atoms with Crippen LogP contribution >= 0.6 is 28.1 Å². The first-order chi connectivity index (χ1) is 9.61. The van der Waals surface area contributed by atoms with E-state index in [1.807, 2.05) is 24.3 Å². The summed E-state index contributed by atoms with van der Waals surface area (Å²) >= 11 is 8.80. The summed E-state index contributed by atoms with van der Waals surface area (Å²) in [6.07, 6.45) is 0. The van der Waals surface area contributed by atoms with Crippen LogP contribution < -0.4 is 4.74 Å². The van der Waals surface area contributed by atoms with E-state index in [0.717, 1.165) is 10.2 Å². The number of H-pyrrole nitrogens is 1. The molecule has 0 bridgehead atoms. The molecule has 0 saturated heterocycles. The summed E-state index contributed by atoms with van der Waals surface area (Å²) in [5, 5.41) is 0. The average Bonchev–Trinajstić information content (AvgIpc) is 2.77. The number of nitrogens with one attached hydrogen (secondary N) is 1. The normalized spacial score (nSPS) is 10.9. The lowest BCUT2D eigenvalue weighted by atomic mass is 10.2. The largest absolute Gasteiger partial charge is 0.497 e. The van der Waals surface area contributed by atoms with Gasteiger partial charge in [-0.2, -0.15) is 0 Å². The number of fused-ring (bicyclic) bond motifs is 1. The second-order valence-electron chi connectivity index (χ2n) is 4.22. The molecule has 20 heavy (non-hydrogen) atoms. The number of rotatable bonds is 2. The summed E-state index contributed by atoms with van der Waals surface area (Å²) in [6.45, 7) is 0. The summed E-state index contributed by atoms with van der Waals surface area (Å²) in [4.78, 5) is 2.90. The van der Waals surface area contributed by atoms with Gasteiger partial charge in [-0.1, -0.05) is 6.07 Å². The Bertz CT molecular complexity index is 856. The summed E-state index contributed by atoms with van der Waals surface area (Å²) in [6, 6.07) is 10.4. The highest BCUT2D eigenvalue weighted by Crippen LogP contribution is 2.29. The first-order valence-corrected chi connectivity index (χ1v) is 7.05. The van der Waals surface area contributed by atoms with E-state index in [1.54, 1.807) is 17.7 Å². The van der Waals surface area contributed by atoms with E-state index in [2.05, 4.69) is 20.9 Å². The van der Waals surface area contributed by atoms with Gasteiger partial charge in [0.15, 0.2) is 4.77 Å². The molecule has 0 aliphatic rings. The minimum atomic E-state index is -0.327. The predicted octanol–water partition coefficient (Wildman–Crippen LogP) is 4.60. The highest BCUT2D eigenvalue weighted by atomic mass is 79.9. The van der Waals surface area contributed by atoms with E-state index in [4.69, 9.17) is 17.0 Å². The Morgan fingerprint density at radius 3 is 2.85 bits per heavy atom.